The first-order chi connectivity index (χ1) is 8.27. The Morgan fingerprint density at radius 3 is 2.88 bits per heavy atom. The lowest BCUT2D eigenvalue weighted by atomic mass is 10.3. The van der Waals surface area contributed by atoms with Gasteiger partial charge in [-0.25, -0.2) is 9.97 Å². The van der Waals surface area contributed by atoms with Crippen LogP contribution in [0, 0.1) is 0 Å². The number of carbonyl (C=O) groups is 1. The van der Waals surface area contributed by atoms with Crippen LogP contribution in [0.1, 0.15) is 30.3 Å². The molecule has 0 spiro atoms. The van der Waals surface area contributed by atoms with Gasteiger partial charge in [0.2, 0.25) is 0 Å². The molecule has 0 fully saturated rings. The summed E-state index contributed by atoms with van der Waals surface area (Å²) in [6.45, 7) is 6.96. The Hall–Kier alpha value is -1.91. The molecule has 1 aromatic rings. The third-order valence-corrected chi connectivity index (χ3v) is 2.13. The normalized spacial score (nSPS) is 9.71. The second kappa shape index (κ2) is 7.38. The van der Waals surface area contributed by atoms with Crippen LogP contribution in [0.15, 0.2) is 25.0 Å². The lowest BCUT2D eigenvalue weighted by Crippen LogP contribution is -2.25. The molecule has 0 bridgehead atoms. The van der Waals surface area contributed by atoms with E-state index < -0.39 is 0 Å². The standard InChI is InChI=1S/C12H18N4O/c1-3-5-7-14-12(17)10-8-16-11(9-15-10)13-6-4-2/h4,8-9H,2-3,5-7H2,1H3,(H,13,16)(H,14,17). The number of hydrogen-bond donors (Lipinski definition) is 2. The average Bonchev–Trinajstić information content (AvgIpc) is 2.37. The first-order valence-corrected chi connectivity index (χ1v) is 5.73. The summed E-state index contributed by atoms with van der Waals surface area (Å²) >= 11 is 0. The second-order valence-electron chi connectivity index (χ2n) is 3.57. The van der Waals surface area contributed by atoms with Crippen LogP contribution in [-0.2, 0) is 0 Å². The van der Waals surface area contributed by atoms with Crippen LogP contribution in [0.25, 0.3) is 0 Å². The summed E-state index contributed by atoms with van der Waals surface area (Å²) in [5, 5.41) is 5.77. The van der Waals surface area contributed by atoms with Gasteiger partial charge in [0.1, 0.15) is 11.5 Å². The maximum atomic E-state index is 11.6. The fourth-order valence-corrected chi connectivity index (χ4v) is 1.18. The van der Waals surface area contributed by atoms with Crippen LogP contribution in [0.4, 0.5) is 5.82 Å². The zero-order valence-corrected chi connectivity index (χ0v) is 10.1. The monoisotopic (exact) mass is 234 g/mol. The van der Waals surface area contributed by atoms with Gasteiger partial charge in [-0.1, -0.05) is 19.4 Å². The van der Waals surface area contributed by atoms with Gasteiger partial charge in [0.25, 0.3) is 5.91 Å². The van der Waals surface area contributed by atoms with Crippen molar-refractivity contribution < 1.29 is 4.79 Å². The zero-order chi connectivity index (χ0) is 12.5. The van der Waals surface area contributed by atoms with Crippen molar-refractivity contribution >= 4 is 11.7 Å². The van der Waals surface area contributed by atoms with E-state index in [1.165, 1.54) is 12.4 Å². The van der Waals surface area contributed by atoms with E-state index in [0.29, 0.717) is 24.6 Å². The van der Waals surface area contributed by atoms with Gasteiger partial charge < -0.3 is 10.6 Å². The molecule has 2 N–H and O–H groups in total. The van der Waals surface area contributed by atoms with Gasteiger partial charge in [-0.15, -0.1) is 6.58 Å². The first-order valence-electron chi connectivity index (χ1n) is 5.73. The fraction of sp³-hybridized carbons (Fsp3) is 0.417. The van der Waals surface area contributed by atoms with E-state index >= 15 is 0 Å². The molecule has 0 aliphatic heterocycles. The van der Waals surface area contributed by atoms with Crippen molar-refractivity contribution in [2.24, 2.45) is 0 Å². The fourth-order valence-electron chi connectivity index (χ4n) is 1.18. The van der Waals surface area contributed by atoms with Crippen molar-refractivity contribution in [2.75, 3.05) is 18.4 Å². The minimum atomic E-state index is -0.179. The highest BCUT2D eigenvalue weighted by Crippen LogP contribution is 2.00. The molecule has 17 heavy (non-hydrogen) atoms. The minimum Gasteiger partial charge on any atom is -0.365 e. The van der Waals surface area contributed by atoms with Crippen molar-refractivity contribution in [2.45, 2.75) is 19.8 Å². The first kappa shape index (κ1) is 13.2. The van der Waals surface area contributed by atoms with E-state index in [1.807, 2.05) is 0 Å². The lowest BCUT2D eigenvalue weighted by Gasteiger charge is -2.04. The van der Waals surface area contributed by atoms with Crippen LogP contribution in [-0.4, -0.2) is 29.0 Å². The molecular formula is C12H18N4O. The van der Waals surface area contributed by atoms with Crippen molar-refractivity contribution in [3.63, 3.8) is 0 Å². The highest BCUT2D eigenvalue weighted by Gasteiger charge is 2.06. The summed E-state index contributed by atoms with van der Waals surface area (Å²) in [6, 6.07) is 0. The third kappa shape index (κ3) is 4.63. The molecule has 1 aromatic heterocycles. The lowest BCUT2D eigenvalue weighted by molar-refractivity contribution is 0.0948. The number of nitrogens with one attached hydrogen (secondary N) is 2. The van der Waals surface area contributed by atoms with Gasteiger partial charge in [0.05, 0.1) is 12.4 Å². The highest BCUT2D eigenvalue weighted by atomic mass is 16.1. The number of carbonyl (C=O) groups excluding carboxylic acids is 1. The van der Waals surface area contributed by atoms with Gasteiger partial charge >= 0.3 is 0 Å². The van der Waals surface area contributed by atoms with E-state index in [4.69, 9.17) is 0 Å². The van der Waals surface area contributed by atoms with Gasteiger partial charge in [0.15, 0.2) is 0 Å². The predicted octanol–water partition coefficient (Wildman–Crippen LogP) is 1.60. The van der Waals surface area contributed by atoms with E-state index in [1.54, 1.807) is 6.08 Å². The summed E-state index contributed by atoms with van der Waals surface area (Å²) in [6.07, 6.45) is 6.76. The van der Waals surface area contributed by atoms with Crippen LogP contribution >= 0.6 is 0 Å². The predicted molar refractivity (Wildman–Crippen MR) is 68.0 cm³/mol. The second-order valence-corrected chi connectivity index (χ2v) is 3.57. The Morgan fingerprint density at radius 1 is 1.47 bits per heavy atom. The van der Waals surface area contributed by atoms with Crippen molar-refractivity contribution in [3.05, 3.63) is 30.7 Å². The van der Waals surface area contributed by atoms with Crippen LogP contribution < -0.4 is 10.6 Å². The molecule has 0 aliphatic carbocycles. The topological polar surface area (TPSA) is 66.9 Å². The van der Waals surface area contributed by atoms with E-state index in [9.17, 15) is 4.79 Å². The molecule has 0 aliphatic rings. The van der Waals surface area contributed by atoms with E-state index in [0.717, 1.165) is 12.8 Å². The van der Waals surface area contributed by atoms with E-state index in [2.05, 4.69) is 34.1 Å². The molecule has 0 atom stereocenters. The molecule has 1 rings (SSSR count). The molecule has 0 aromatic carbocycles. The molecule has 0 saturated heterocycles. The molecular weight excluding hydrogens is 216 g/mol. The highest BCUT2D eigenvalue weighted by molar-refractivity contribution is 5.91. The van der Waals surface area contributed by atoms with Gasteiger partial charge in [-0.3, -0.25) is 4.79 Å². The number of rotatable bonds is 7. The summed E-state index contributed by atoms with van der Waals surface area (Å²) < 4.78 is 0. The van der Waals surface area contributed by atoms with Crippen LogP contribution in [0.3, 0.4) is 0 Å². The number of anilines is 1. The summed E-state index contributed by atoms with van der Waals surface area (Å²) in [4.78, 5) is 19.7. The number of amides is 1. The average molecular weight is 234 g/mol. The number of hydrogen-bond acceptors (Lipinski definition) is 4. The maximum Gasteiger partial charge on any atom is 0.271 e. The van der Waals surface area contributed by atoms with Gasteiger partial charge in [-0.05, 0) is 6.42 Å². The SMILES string of the molecule is C=CCNc1cnc(C(=O)NCCCC)cn1. The molecule has 0 saturated carbocycles. The number of nitrogens with zero attached hydrogens (tertiary/aromatic N) is 2. The third-order valence-electron chi connectivity index (χ3n) is 2.13. The molecule has 1 amide bonds. The minimum absolute atomic E-state index is 0.179. The van der Waals surface area contributed by atoms with Gasteiger partial charge in [-0.2, -0.15) is 0 Å². The smallest absolute Gasteiger partial charge is 0.271 e. The Morgan fingerprint density at radius 2 is 2.29 bits per heavy atom. The van der Waals surface area contributed by atoms with Crippen molar-refractivity contribution in [1.82, 2.24) is 15.3 Å². The Labute approximate surface area is 101 Å². The summed E-state index contributed by atoms with van der Waals surface area (Å²) in [7, 11) is 0. The zero-order valence-electron chi connectivity index (χ0n) is 10.1. The largest absolute Gasteiger partial charge is 0.365 e. The van der Waals surface area contributed by atoms with Gasteiger partial charge in [0, 0.05) is 13.1 Å². The molecule has 92 valence electrons. The molecule has 5 nitrogen and oxygen atoms in total. The Kier molecular flexibility index (Phi) is 5.71. The molecule has 0 unspecified atom stereocenters. The molecule has 5 heteroatoms. The molecule has 1 heterocycles. The summed E-state index contributed by atoms with van der Waals surface area (Å²) in [5.41, 5.74) is 0.338. The van der Waals surface area contributed by atoms with Crippen molar-refractivity contribution in [1.29, 1.82) is 0 Å². The Balaban J connectivity index is 2.48. The summed E-state index contributed by atoms with van der Waals surface area (Å²) in [5.74, 6) is 0.455. The quantitative estimate of drug-likeness (QED) is 0.555. The van der Waals surface area contributed by atoms with E-state index in [-0.39, 0.29) is 5.91 Å². The number of aromatic nitrogens is 2. The van der Waals surface area contributed by atoms with Crippen LogP contribution in [0.2, 0.25) is 0 Å². The maximum absolute atomic E-state index is 11.6. The number of unbranched alkanes of at least 4 members (excludes halogenated alkanes) is 1. The van der Waals surface area contributed by atoms with Crippen LogP contribution in [0.5, 0.6) is 0 Å². The molecule has 0 radical (unpaired) electrons. The Bertz CT molecular complexity index is 361. The van der Waals surface area contributed by atoms with Crippen molar-refractivity contribution in [3.8, 4) is 0 Å².